The molecule has 1 aliphatic rings. The molecule has 0 aliphatic heterocycles. The second-order valence-corrected chi connectivity index (χ2v) is 8.24. The van der Waals surface area contributed by atoms with Crippen molar-refractivity contribution in [3.05, 3.63) is 53.4 Å². The Hall–Kier alpha value is -2.12. The van der Waals surface area contributed by atoms with Crippen molar-refractivity contribution in [2.24, 2.45) is 0 Å². The minimum atomic E-state index is -0.331. The van der Waals surface area contributed by atoms with Crippen LogP contribution in [0.15, 0.2) is 53.0 Å². The molecule has 0 spiro atoms. The van der Waals surface area contributed by atoms with Crippen molar-refractivity contribution in [1.29, 1.82) is 0 Å². The average Bonchev–Trinajstić information content (AvgIpc) is 3.16. The Labute approximate surface area is 160 Å². The van der Waals surface area contributed by atoms with Crippen molar-refractivity contribution in [3.8, 4) is 10.7 Å². The predicted octanol–water partition coefficient (Wildman–Crippen LogP) is 4.14. The largest absolute Gasteiger partial charge is 0.352 e. The maximum absolute atomic E-state index is 12.8. The number of amides is 1. The lowest BCUT2D eigenvalue weighted by molar-refractivity contribution is -0.120. The van der Waals surface area contributed by atoms with E-state index in [9.17, 15) is 4.79 Å². The fraction of sp³-hybridized carbons (Fsp3) is 0.316. The molecule has 26 heavy (non-hydrogen) atoms. The molecule has 2 aromatic heterocycles. The third-order valence-electron chi connectivity index (χ3n) is 4.26. The van der Waals surface area contributed by atoms with Crippen LogP contribution in [-0.4, -0.2) is 26.7 Å². The van der Waals surface area contributed by atoms with Gasteiger partial charge in [0.05, 0.1) is 4.88 Å². The number of carbonyl (C=O) groups excluding carboxylic acids is 1. The zero-order valence-corrected chi connectivity index (χ0v) is 16.1. The lowest BCUT2D eigenvalue weighted by Crippen LogP contribution is -2.30. The zero-order chi connectivity index (χ0) is 17.9. The van der Waals surface area contributed by atoms with Gasteiger partial charge in [-0.05, 0) is 36.8 Å². The number of thiophene rings is 1. The van der Waals surface area contributed by atoms with E-state index in [1.807, 2.05) is 47.8 Å². The van der Waals surface area contributed by atoms with Gasteiger partial charge in [-0.2, -0.15) is 0 Å². The number of aromatic nitrogens is 3. The fourth-order valence-electron chi connectivity index (χ4n) is 2.76. The third kappa shape index (κ3) is 3.68. The van der Waals surface area contributed by atoms with E-state index in [2.05, 4.69) is 27.0 Å². The lowest BCUT2D eigenvalue weighted by Gasteiger charge is -2.17. The van der Waals surface area contributed by atoms with Gasteiger partial charge < -0.3 is 9.88 Å². The molecule has 1 amide bonds. The molecule has 1 unspecified atom stereocenters. The summed E-state index contributed by atoms with van der Waals surface area (Å²) in [6.07, 6.45) is 2.15. The first-order valence-corrected chi connectivity index (χ1v) is 10.5. The summed E-state index contributed by atoms with van der Waals surface area (Å²) in [5.41, 5.74) is 0.985. The van der Waals surface area contributed by atoms with Gasteiger partial charge in [-0.15, -0.1) is 21.5 Å². The topological polar surface area (TPSA) is 59.8 Å². The molecular formula is C19H20N4OS2. The van der Waals surface area contributed by atoms with Crippen LogP contribution in [0.5, 0.6) is 0 Å². The van der Waals surface area contributed by atoms with Gasteiger partial charge in [0, 0.05) is 12.6 Å². The molecule has 1 atom stereocenters. The predicted molar refractivity (Wildman–Crippen MR) is 105 cm³/mol. The fourth-order valence-corrected chi connectivity index (χ4v) is 4.59. The highest BCUT2D eigenvalue weighted by Gasteiger charge is 2.30. The smallest absolute Gasteiger partial charge is 0.238 e. The van der Waals surface area contributed by atoms with Gasteiger partial charge in [0.1, 0.15) is 5.25 Å². The van der Waals surface area contributed by atoms with Gasteiger partial charge >= 0.3 is 0 Å². The number of nitrogens with one attached hydrogen (secondary N) is 1. The monoisotopic (exact) mass is 384 g/mol. The van der Waals surface area contributed by atoms with E-state index in [4.69, 9.17) is 0 Å². The molecule has 1 N–H and O–H groups in total. The standard InChI is InChI=1S/C19H20N4OS2/c1-2-23-17(15-9-6-12-25-15)21-22-19(23)26-16(13-7-4-3-5-8-13)18(24)20-14-10-11-14/h3-9,12,14,16H,2,10-11H2,1H3,(H,20,24). The third-order valence-corrected chi connectivity index (χ3v) is 6.36. The Balaban J connectivity index is 1.64. The van der Waals surface area contributed by atoms with Crippen LogP contribution in [0.25, 0.3) is 10.7 Å². The first kappa shape index (κ1) is 17.3. The van der Waals surface area contributed by atoms with E-state index in [-0.39, 0.29) is 11.2 Å². The molecule has 4 rings (SSSR count). The maximum Gasteiger partial charge on any atom is 0.238 e. The molecule has 0 bridgehead atoms. The van der Waals surface area contributed by atoms with Crippen LogP contribution in [0.1, 0.15) is 30.6 Å². The number of nitrogens with zero attached hydrogens (tertiary/aromatic N) is 3. The Morgan fingerprint density at radius 2 is 2.08 bits per heavy atom. The van der Waals surface area contributed by atoms with E-state index in [0.29, 0.717) is 6.04 Å². The summed E-state index contributed by atoms with van der Waals surface area (Å²) in [6.45, 7) is 2.83. The molecule has 5 nitrogen and oxygen atoms in total. The quantitative estimate of drug-likeness (QED) is 0.622. The summed E-state index contributed by atoms with van der Waals surface area (Å²) in [5, 5.41) is 14.4. The SMILES string of the molecule is CCn1c(SC(C(=O)NC2CC2)c2ccccc2)nnc1-c1cccs1. The van der Waals surface area contributed by atoms with Crippen LogP contribution in [0, 0.1) is 0 Å². The van der Waals surface area contributed by atoms with E-state index in [0.717, 1.165) is 40.8 Å². The Bertz CT molecular complexity index is 872. The molecule has 1 fully saturated rings. The van der Waals surface area contributed by atoms with E-state index in [1.165, 1.54) is 11.8 Å². The van der Waals surface area contributed by atoms with E-state index < -0.39 is 0 Å². The van der Waals surface area contributed by atoms with Crippen LogP contribution >= 0.6 is 23.1 Å². The summed E-state index contributed by atoms with van der Waals surface area (Å²) < 4.78 is 2.08. The van der Waals surface area contributed by atoms with Crippen molar-refractivity contribution in [2.45, 2.75) is 42.8 Å². The molecule has 0 radical (unpaired) electrons. The second kappa shape index (κ2) is 7.63. The Morgan fingerprint density at radius 3 is 2.73 bits per heavy atom. The first-order chi connectivity index (χ1) is 12.8. The van der Waals surface area contributed by atoms with Crippen LogP contribution in [0.3, 0.4) is 0 Å². The molecule has 7 heteroatoms. The second-order valence-electron chi connectivity index (χ2n) is 6.22. The number of benzene rings is 1. The highest BCUT2D eigenvalue weighted by Crippen LogP contribution is 2.37. The summed E-state index contributed by atoms with van der Waals surface area (Å²) in [5.74, 6) is 0.909. The van der Waals surface area contributed by atoms with Crippen LogP contribution < -0.4 is 5.32 Å². The van der Waals surface area contributed by atoms with Crippen LogP contribution in [0.2, 0.25) is 0 Å². The number of hydrogen-bond acceptors (Lipinski definition) is 5. The van der Waals surface area contributed by atoms with E-state index >= 15 is 0 Å². The van der Waals surface area contributed by atoms with Crippen molar-refractivity contribution in [3.63, 3.8) is 0 Å². The van der Waals surface area contributed by atoms with Crippen LogP contribution in [0.4, 0.5) is 0 Å². The zero-order valence-electron chi connectivity index (χ0n) is 14.5. The normalized spacial score (nSPS) is 15.0. The number of carbonyl (C=O) groups is 1. The number of thioether (sulfide) groups is 1. The molecule has 1 aliphatic carbocycles. The number of hydrogen-bond donors (Lipinski definition) is 1. The van der Waals surface area contributed by atoms with Crippen molar-refractivity contribution in [2.75, 3.05) is 0 Å². The minimum Gasteiger partial charge on any atom is -0.352 e. The van der Waals surface area contributed by atoms with Gasteiger partial charge in [-0.3, -0.25) is 4.79 Å². The highest BCUT2D eigenvalue weighted by molar-refractivity contribution is 8.00. The molecule has 1 saturated carbocycles. The highest BCUT2D eigenvalue weighted by atomic mass is 32.2. The van der Waals surface area contributed by atoms with E-state index in [1.54, 1.807) is 11.3 Å². The first-order valence-electron chi connectivity index (χ1n) is 8.75. The van der Waals surface area contributed by atoms with Gasteiger partial charge in [0.15, 0.2) is 11.0 Å². The molecule has 2 heterocycles. The Morgan fingerprint density at radius 1 is 1.27 bits per heavy atom. The number of rotatable bonds is 7. The van der Waals surface area contributed by atoms with Crippen molar-refractivity contribution < 1.29 is 4.79 Å². The summed E-state index contributed by atoms with van der Waals surface area (Å²) >= 11 is 3.12. The molecule has 134 valence electrons. The molecule has 0 saturated heterocycles. The molecule has 1 aromatic carbocycles. The maximum atomic E-state index is 12.8. The van der Waals surface area contributed by atoms with Gasteiger partial charge in [-0.1, -0.05) is 48.2 Å². The van der Waals surface area contributed by atoms with Crippen LogP contribution in [-0.2, 0) is 11.3 Å². The summed E-state index contributed by atoms with van der Waals surface area (Å²) in [4.78, 5) is 13.9. The van der Waals surface area contributed by atoms with Gasteiger partial charge in [-0.25, -0.2) is 0 Å². The van der Waals surface area contributed by atoms with Gasteiger partial charge in [0.2, 0.25) is 5.91 Å². The van der Waals surface area contributed by atoms with Gasteiger partial charge in [0.25, 0.3) is 0 Å². The molecule has 3 aromatic rings. The lowest BCUT2D eigenvalue weighted by atomic mass is 10.1. The van der Waals surface area contributed by atoms with Crippen molar-refractivity contribution in [1.82, 2.24) is 20.1 Å². The van der Waals surface area contributed by atoms with Crippen molar-refractivity contribution >= 4 is 29.0 Å². The summed E-state index contributed by atoms with van der Waals surface area (Å²) in [7, 11) is 0. The Kier molecular flexibility index (Phi) is 5.08. The minimum absolute atomic E-state index is 0.0482. The molecular weight excluding hydrogens is 364 g/mol. The average molecular weight is 385 g/mol. The summed E-state index contributed by atoms with van der Waals surface area (Å²) in [6, 6.07) is 14.3.